The topological polar surface area (TPSA) is 56.5 Å². The van der Waals surface area contributed by atoms with Gasteiger partial charge in [-0.25, -0.2) is 0 Å². The van der Waals surface area contributed by atoms with E-state index < -0.39 is 0 Å². The molecule has 0 amide bonds. The fourth-order valence-electron chi connectivity index (χ4n) is 1.20. The molecule has 0 aliphatic carbocycles. The van der Waals surface area contributed by atoms with E-state index in [0.717, 1.165) is 17.1 Å². The van der Waals surface area contributed by atoms with Gasteiger partial charge in [0.2, 0.25) is 0 Å². The van der Waals surface area contributed by atoms with Crippen molar-refractivity contribution in [3.63, 3.8) is 0 Å². The molecule has 0 aromatic heterocycles. The molecule has 14 heavy (non-hydrogen) atoms. The smallest absolute Gasteiger partial charge is 0.127 e. The highest BCUT2D eigenvalue weighted by Crippen LogP contribution is 2.24. The van der Waals surface area contributed by atoms with E-state index >= 15 is 0 Å². The predicted molar refractivity (Wildman–Crippen MR) is 55.4 cm³/mol. The van der Waals surface area contributed by atoms with Gasteiger partial charge in [-0.2, -0.15) is 0 Å². The highest BCUT2D eigenvalue weighted by molar-refractivity contribution is 5.40. The SMILES string of the molecule is COc1ccc(CNCN)c(OC)c1. The van der Waals surface area contributed by atoms with Crippen molar-refractivity contribution in [2.75, 3.05) is 20.9 Å². The van der Waals surface area contributed by atoms with Crippen molar-refractivity contribution in [3.8, 4) is 11.5 Å². The number of hydrogen-bond acceptors (Lipinski definition) is 4. The Kier molecular flexibility index (Phi) is 4.22. The fraction of sp³-hybridized carbons (Fsp3) is 0.400. The van der Waals surface area contributed by atoms with Gasteiger partial charge in [0.15, 0.2) is 0 Å². The summed E-state index contributed by atoms with van der Waals surface area (Å²) in [7, 11) is 3.27. The number of nitrogens with two attached hydrogens (primary N) is 1. The number of rotatable bonds is 5. The van der Waals surface area contributed by atoms with Crippen molar-refractivity contribution in [2.24, 2.45) is 5.73 Å². The van der Waals surface area contributed by atoms with Crippen molar-refractivity contribution in [1.29, 1.82) is 0 Å². The van der Waals surface area contributed by atoms with E-state index in [0.29, 0.717) is 13.2 Å². The Morgan fingerprint density at radius 1 is 1.29 bits per heavy atom. The normalized spacial score (nSPS) is 9.93. The first kappa shape index (κ1) is 10.8. The van der Waals surface area contributed by atoms with Gasteiger partial charge in [0.25, 0.3) is 0 Å². The van der Waals surface area contributed by atoms with Crippen molar-refractivity contribution in [1.82, 2.24) is 5.32 Å². The van der Waals surface area contributed by atoms with Crippen LogP contribution in [-0.4, -0.2) is 20.9 Å². The van der Waals surface area contributed by atoms with Crippen LogP contribution in [-0.2, 0) is 6.54 Å². The number of nitrogens with one attached hydrogen (secondary N) is 1. The molecule has 0 fully saturated rings. The summed E-state index contributed by atoms with van der Waals surface area (Å²) in [5.41, 5.74) is 6.42. The van der Waals surface area contributed by atoms with E-state index in [9.17, 15) is 0 Å². The Bertz CT molecular complexity index is 289. The number of methoxy groups -OCH3 is 2. The summed E-state index contributed by atoms with van der Waals surface area (Å²) < 4.78 is 10.3. The molecule has 4 heteroatoms. The van der Waals surface area contributed by atoms with E-state index in [2.05, 4.69) is 5.32 Å². The lowest BCUT2D eigenvalue weighted by molar-refractivity contribution is 0.390. The largest absolute Gasteiger partial charge is 0.497 e. The maximum atomic E-state index is 5.35. The van der Waals surface area contributed by atoms with Crippen LogP contribution in [0.4, 0.5) is 0 Å². The summed E-state index contributed by atoms with van der Waals surface area (Å²) in [6.07, 6.45) is 0. The summed E-state index contributed by atoms with van der Waals surface area (Å²) in [5.74, 6) is 1.60. The molecule has 0 spiro atoms. The van der Waals surface area contributed by atoms with E-state index in [1.807, 2.05) is 18.2 Å². The number of ether oxygens (including phenoxy) is 2. The molecule has 0 saturated heterocycles. The average molecular weight is 196 g/mol. The second-order valence-corrected chi connectivity index (χ2v) is 2.81. The molecule has 0 saturated carbocycles. The van der Waals surface area contributed by atoms with Crippen LogP contribution in [0.3, 0.4) is 0 Å². The number of hydrogen-bond donors (Lipinski definition) is 2. The van der Waals surface area contributed by atoms with Crippen molar-refractivity contribution in [3.05, 3.63) is 23.8 Å². The van der Waals surface area contributed by atoms with Crippen LogP contribution >= 0.6 is 0 Å². The summed E-state index contributed by atoms with van der Waals surface area (Å²) in [4.78, 5) is 0. The highest BCUT2D eigenvalue weighted by Gasteiger charge is 2.03. The molecule has 0 bridgehead atoms. The van der Waals surface area contributed by atoms with Crippen LogP contribution in [0.1, 0.15) is 5.56 Å². The van der Waals surface area contributed by atoms with Gasteiger partial charge in [0.05, 0.1) is 14.2 Å². The third-order valence-electron chi connectivity index (χ3n) is 1.95. The Morgan fingerprint density at radius 2 is 2.07 bits per heavy atom. The zero-order chi connectivity index (χ0) is 10.4. The zero-order valence-corrected chi connectivity index (χ0v) is 8.54. The Morgan fingerprint density at radius 3 is 2.64 bits per heavy atom. The lowest BCUT2D eigenvalue weighted by atomic mass is 10.2. The first-order chi connectivity index (χ1) is 6.81. The average Bonchev–Trinajstić information content (AvgIpc) is 2.26. The molecule has 1 aromatic rings. The molecule has 1 rings (SSSR count). The van der Waals surface area contributed by atoms with Crippen molar-refractivity contribution in [2.45, 2.75) is 6.54 Å². The molecule has 78 valence electrons. The minimum Gasteiger partial charge on any atom is -0.497 e. The summed E-state index contributed by atoms with van der Waals surface area (Å²) in [5, 5.41) is 3.03. The van der Waals surface area contributed by atoms with E-state index in [-0.39, 0.29) is 0 Å². The van der Waals surface area contributed by atoms with Gasteiger partial charge in [-0.1, -0.05) is 6.07 Å². The monoisotopic (exact) mass is 196 g/mol. The molecular formula is C10H16N2O2. The minimum absolute atomic E-state index is 0.454. The van der Waals surface area contributed by atoms with Crippen molar-refractivity contribution < 1.29 is 9.47 Å². The van der Waals surface area contributed by atoms with Crippen LogP contribution in [0, 0.1) is 0 Å². The maximum absolute atomic E-state index is 5.35. The highest BCUT2D eigenvalue weighted by atomic mass is 16.5. The van der Waals surface area contributed by atoms with E-state index in [4.69, 9.17) is 15.2 Å². The Labute approximate surface area is 84.0 Å². The number of benzene rings is 1. The summed E-state index contributed by atoms with van der Waals surface area (Å²) in [6, 6.07) is 5.71. The summed E-state index contributed by atoms with van der Waals surface area (Å²) >= 11 is 0. The van der Waals surface area contributed by atoms with Crippen LogP contribution in [0.5, 0.6) is 11.5 Å². The molecule has 0 aliphatic rings. The maximum Gasteiger partial charge on any atom is 0.127 e. The van der Waals surface area contributed by atoms with E-state index in [1.165, 1.54) is 0 Å². The Hall–Kier alpha value is -1.26. The zero-order valence-electron chi connectivity index (χ0n) is 8.54. The second-order valence-electron chi connectivity index (χ2n) is 2.81. The fourth-order valence-corrected chi connectivity index (χ4v) is 1.20. The van der Waals surface area contributed by atoms with Gasteiger partial charge in [-0.15, -0.1) is 0 Å². The molecule has 3 N–H and O–H groups in total. The molecule has 0 radical (unpaired) electrons. The molecular weight excluding hydrogens is 180 g/mol. The molecule has 0 atom stereocenters. The molecule has 1 aromatic carbocycles. The van der Waals surface area contributed by atoms with Crippen LogP contribution in [0.2, 0.25) is 0 Å². The second kappa shape index (κ2) is 5.47. The van der Waals surface area contributed by atoms with Gasteiger partial charge in [0, 0.05) is 24.8 Å². The van der Waals surface area contributed by atoms with Gasteiger partial charge in [-0.05, 0) is 6.07 Å². The lowest BCUT2D eigenvalue weighted by Gasteiger charge is -2.10. The van der Waals surface area contributed by atoms with Crippen LogP contribution in [0.15, 0.2) is 18.2 Å². The van der Waals surface area contributed by atoms with Crippen LogP contribution in [0.25, 0.3) is 0 Å². The minimum atomic E-state index is 0.454. The van der Waals surface area contributed by atoms with Gasteiger partial charge >= 0.3 is 0 Å². The standard InChI is InChI=1S/C10H16N2O2/c1-13-9-4-3-8(6-12-7-11)10(5-9)14-2/h3-5,12H,6-7,11H2,1-2H3. The van der Waals surface area contributed by atoms with E-state index in [1.54, 1.807) is 14.2 Å². The molecule has 0 heterocycles. The van der Waals surface area contributed by atoms with Crippen molar-refractivity contribution >= 4 is 0 Å². The third kappa shape index (κ3) is 2.61. The first-order valence-corrected chi connectivity index (χ1v) is 4.43. The predicted octanol–water partition coefficient (Wildman–Crippen LogP) is 0.710. The first-order valence-electron chi connectivity index (χ1n) is 4.43. The van der Waals surface area contributed by atoms with Gasteiger partial charge in [0.1, 0.15) is 11.5 Å². The third-order valence-corrected chi connectivity index (χ3v) is 1.95. The lowest BCUT2D eigenvalue weighted by Crippen LogP contribution is -2.21. The van der Waals surface area contributed by atoms with Crippen LogP contribution < -0.4 is 20.5 Å². The molecule has 4 nitrogen and oxygen atoms in total. The van der Waals surface area contributed by atoms with Gasteiger partial charge < -0.3 is 20.5 Å². The molecule has 0 unspecified atom stereocenters. The van der Waals surface area contributed by atoms with Gasteiger partial charge in [-0.3, -0.25) is 0 Å². The molecule has 0 aliphatic heterocycles. The quantitative estimate of drug-likeness (QED) is 0.681. The Balaban J connectivity index is 2.82. The summed E-state index contributed by atoms with van der Waals surface area (Å²) in [6.45, 7) is 1.15.